The maximum Gasteiger partial charge on any atom is 0.123 e. The second-order valence-electron chi connectivity index (χ2n) is 5.90. The number of hydrogen-bond acceptors (Lipinski definition) is 2. The third-order valence-electron chi connectivity index (χ3n) is 4.34. The van der Waals surface area contributed by atoms with Crippen LogP contribution in [-0.2, 0) is 0 Å². The molecular weight excluding hydrogens is 257 g/mol. The van der Waals surface area contributed by atoms with Gasteiger partial charge in [0.05, 0.1) is 0 Å². The molecule has 1 aliphatic rings. The van der Waals surface area contributed by atoms with E-state index in [1.807, 2.05) is 12.1 Å². The molecular formula is C16H24FNS. The van der Waals surface area contributed by atoms with Crippen molar-refractivity contribution < 1.29 is 4.39 Å². The zero-order valence-corrected chi connectivity index (χ0v) is 12.6. The van der Waals surface area contributed by atoms with E-state index in [1.165, 1.54) is 50.7 Å². The van der Waals surface area contributed by atoms with Crippen LogP contribution in [0.25, 0.3) is 0 Å². The Kier molecular flexibility index (Phi) is 5.14. The second-order valence-corrected chi connectivity index (χ2v) is 6.22. The Hall–Kier alpha value is -0.700. The Morgan fingerprint density at radius 1 is 1.11 bits per heavy atom. The lowest BCUT2D eigenvalue weighted by Crippen LogP contribution is -2.37. The molecule has 0 bridgehead atoms. The van der Waals surface area contributed by atoms with Gasteiger partial charge in [-0.2, -0.15) is 12.6 Å². The monoisotopic (exact) mass is 281 g/mol. The summed E-state index contributed by atoms with van der Waals surface area (Å²) in [6, 6.07) is 6.79. The van der Waals surface area contributed by atoms with Crippen molar-refractivity contribution in [1.82, 2.24) is 0 Å². The Bertz CT molecular complexity index is 382. The molecule has 2 rings (SSSR count). The molecule has 3 heteroatoms. The molecule has 1 nitrogen and oxygen atoms in total. The number of thiol groups is 1. The predicted molar refractivity (Wildman–Crippen MR) is 83.7 cm³/mol. The van der Waals surface area contributed by atoms with Crippen molar-refractivity contribution in [2.45, 2.75) is 38.5 Å². The average Bonchev–Trinajstić information content (AvgIpc) is 2.65. The Morgan fingerprint density at radius 3 is 2.21 bits per heavy atom. The zero-order chi connectivity index (χ0) is 13.7. The number of rotatable bonds is 4. The molecule has 0 saturated heterocycles. The van der Waals surface area contributed by atoms with Crippen molar-refractivity contribution in [2.24, 2.45) is 5.41 Å². The van der Waals surface area contributed by atoms with Crippen LogP contribution in [0.2, 0.25) is 0 Å². The highest BCUT2D eigenvalue weighted by Gasteiger charge is 2.30. The minimum Gasteiger partial charge on any atom is -0.374 e. The van der Waals surface area contributed by atoms with Crippen LogP contribution in [-0.4, -0.2) is 19.3 Å². The fourth-order valence-electron chi connectivity index (χ4n) is 3.13. The third-order valence-corrected chi connectivity index (χ3v) is 5.01. The molecule has 0 atom stereocenters. The van der Waals surface area contributed by atoms with Gasteiger partial charge in [0.1, 0.15) is 5.82 Å². The highest BCUT2D eigenvalue weighted by Crippen LogP contribution is 2.37. The van der Waals surface area contributed by atoms with E-state index in [0.717, 1.165) is 18.0 Å². The number of halogens is 1. The highest BCUT2D eigenvalue weighted by molar-refractivity contribution is 7.80. The number of anilines is 1. The maximum atomic E-state index is 13.0. The first-order valence-corrected chi connectivity index (χ1v) is 7.86. The normalized spacial score (nSPS) is 18.9. The fourth-order valence-corrected chi connectivity index (χ4v) is 3.55. The van der Waals surface area contributed by atoms with E-state index in [0.29, 0.717) is 5.41 Å². The van der Waals surface area contributed by atoms with E-state index in [9.17, 15) is 4.39 Å². The largest absolute Gasteiger partial charge is 0.374 e. The van der Waals surface area contributed by atoms with Gasteiger partial charge >= 0.3 is 0 Å². The van der Waals surface area contributed by atoms with Crippen LogP contribution < -0.4 is 4.90 Å². The molecule has 0 radical (unpaired) electrons. The van der Waals surface area contributed by atoms with E-state index in [-0.39, 0.29) is 5.82 Å². The Morgan fingerprint density at radius 2 is 1.68 bits per heavy atom. The third kappa shape index (κ3) is 3.88. The van der Waals surface area contributed by atoms with E-state index in [1.54, 1.807) is 0 Å². The molecule has 0 heterocycles. The van der Waals surface area contributed by atoms with Gasteiger partial charge in [-0.05, 0) is 48.3 Å². The lowest BCUT2D eigenvalue weighted by molar-refractivity contribution is 0.293. The number of hydrogen-bond donors (Lipinski definition) is 1. The van der Waals surface area contributed by atoms with Crippen LogP contribution in [0.15, 0.2) is 24.3 Å². The topological polar surface area (TPSA) is 3.24 Å². The molecule has 0 amide bonds. The van der Waals surface area contributed by atoms with E-state index < -0.39 is 0 Å². The van der Waals surface area contributed by atoms with Crippen LogP contribution in [0.5, 0.6) is 0 Å². The minimum absolute atomic E-state index is 0.171. The van der Waals surface area contributed by atoms with Crippen LogP contribution in [0.1, 0.15) is 38.5 Å². The lowest BCUT2D eigenvalue weighted by Gasteiger charge is -2.36. The van der Waals surface area contributed by atoms with Gasteiger partial charge in [-0.15, -0.1) is 0 Å². The summed E-state index contributed by atoms with van der Waals surface area (Å²) in [5, 5.41) is 0. The molecule has 1 saturated carbocycles. The first-order chi connectivity index (χ1) is 9.15. The lowest BCUT2D eigenvalue weighted by atomic mass is 9.81. The Labute approximate surface area is 121 Å². The van der Waals surface area contributed by atoms with Gasteiger partial charge in [0.15, 0.2) is 0 Å². The van der Waals surface area contributed by atoms with Crippen molar-refractivity contribution in [2.75, 3.05) is 24.2 Å². The first-order valence-electron chi connectivity index (χ1n) is 7.23. The van der Waals surface area contributed by atoms with Gasteiger partial charge in [0.2, 0.25) is 0 Å². The molecule has 0 spiro atoms. The molecule has 0 unspecified atom stereocenters. The summed E-state index contributed by atoms with van der Waals surface area (Å²) < 4.78 is 13.0. The quantitative estimate of drug-likeness (QED) is 0.627. The van der Waals surface area contributed by atoms with Gasteiger partial charge < -0.3 is 4.90 Å². The van der Waals surface area contributed by atoms with Gasteiger partial charge in [0.25, 0.3) is 0 Å². The first kappa shape index (κ1) is 14.7. The van der Waals surface area contributed by atoms with Crippen LogP contribution in [0.3, 0.4) is 0 Å². The maximum absolute atomic E-state index is 13.0. The molecule has 19 heavy (non-hydrogen) atoms. The fraction of sp³-hybridized carbons (Fsp3) is 0.625. The van der Waals surface area contributed by atoms with Crippen molar-refractivity contribution in [1.29, 1.82) is 0 Å². The number of benzene rings is 1. The van der Waals surface area contributed by atoms with Gasteiger partial charge in [0, 0.05) is 19.3 Å². The molecule has 1 aromatic rings. The Balaban J connectivity index is 2.06. The molecule has 106 valence electrons. The summed E-state index contributed by atoms with van der Waals surface area (Å²) >= 11 is 4.61. The van der Waals surface area contributed by atoms with Crippen molar-refractivity contribution in [3.63, 3.8) is 0 Å². The van der Waals surface area contributed by atoms with E-state index >= 15 is 0 Å². The molecule has 0 aromatic heterocycles. The van der Waals surface area contributed by atoms with Crippen molar-refractivity contribution in [3.8, 4) is 0 Å². The van der Waals surface area contributed by atoms with Crippen LogP contribution >= 0.6 is 12.6 Å². The summed E-state index contributed by atoms with van der Waals surface area (Å²) in [7, 11) is 2.10. The highest BCUT2D eigenvalue weighted by atomic mass is 32.1. The predicted octanol–water partition coefficient (Wildman–Crippen LogP) is 4.53. The SMILES string of the molecule is CN(CC1(CS)CCCCCC1)c1ccc(F)cc1. The van der Waals surface area contributed by atoms with Gasteiger partial charge in [-0.1, -0.05) is 25.7 Å². The molecule has 1 aliphatic carbocycles. The minimum atomic E-state index is -0.171. The molecule has 1 fully saturated rings. The van der Waals surface area contributed by atoms with Crippen molar-refractivity contribution >= 4 is 18.3 Å². The number of nitrogens with zero attached hydrogens (tertiary/aromatic N) is 1. The average molecular weight is 281 g/mol. The summed E-state index contributed by atoms with van der Waals surface area (Å²) in [6.45, 7) is 1.02. The summed E-state index contributed by atoms with van der Waals surface area (Å²) in [4.78, 5) is 2.25. The van der Waals surface area contributed by atoms with E-state index in [4.69, 9.17) is 0 Å². The smallest absolute Gasteiger partial charge is 0.123 e. The van der Waals surface area contributed by atoms with E-state index in [2.05, 4.69) is 24.6 Å². The molecule has 0 N–H and O–H groups in total. The van der Waals surface area contributed by atoms with Crippen molar-refractivity contribution in [3.05, 3.63) is 30.1 Å². The van der Waals surface area contributed by atoms with Crippen LogP contribution in [0, 0.1) is 11.2 Å². The zero-order valence-electron chi connectivity index (χ0n) is 11.7. The molecule has 1 aromatic carbocycles. The summed E-state index contributed by atoms with van der Waals surface area (Å²) in [5.41, 5.74) is 1.41. The molecule has 0 aliphatic heterocycles. The summed E-state index contributed by atoms with van der Waals surface area (Å²) in [6.07, 6.45) is 7.88. The second kappa shape index (κ2) is 6.65. The standard InChI is InChI=1S/C16H24FNS/c1-18(15-8-6-14(17)7-9-15)12-16(13-19)10-4-2-3-5-11-16/h6-9,19H,2-5,10-13H2,1H3. The van der Waals surface area contributed by atoms with Crippen LogP contribution in [0.4, 0.5) is 10.1 Å². The van der Waals surface area contributed by atoms with Gasteiger partial charge in [-0.25, -0.2) is 4.39 Å². The van der Waals surface area contributed by atoms with Gasteiger partial charge in [-0.3, -0.25) is 0 Å². The summed E-state index contributed by atoms with van der Waals surface area (Å²) in [5.74, 6) is 0.772.